The summed E-state index contributed by atoms with van der Waals surface area (Å²) in [5.74, 6) is 0. The van der Waals surface area contributed by atoms with Gasteiger partial charge >= 0.3 is 0 Å². The molecule has 0 saturated carbocycles. The molecule has 2 rings (SSSR count). The van der Waals surface area contributed by atoms with E-state index in [1.807, 2.05) is 0 Å². The van der Waals surface area contributed by atoms with Gasteiger partial charge in [0, 0.05) is 0 Å². The van der Waals surface area contributed by atoms with Crippen LogP contribution in [0.25, 0.3) is 11.0 Å². The zero-order valence-electron chi connectivity index (χ0n) is 6.69. The maximum Gasteiger partial charge on any atom is 0.296 e. The minimum absolute atomic E-state index is 0.0718. The predicted molar refractivity (Wildman–Crippen MR) is 44.5 cm³/mol. The van der Waals surface area contributed by atoms with Crippen molar-refractivity contribution in [2.24, 2.45) is 0 Å². The van der Waals surface area contributed by atoms with Crippen molar-refractivity contribution in [1.29, 1.82) is 0 Å². The Bertz CT molecular complexity index is 588. The second kappa shape index (κ2) is 2.66. The number of rotatable bonds is 1. The summed E-state index contributed by atoms with van der Waals surface area (Å²) in [6, 6.07) is 3.96. The molecule has 1 aromatic carbocycles. The molecular formula is C6H5N3O4S. The van der Waals surface area contributed by atoms with Crippen LogP contribution in [0.1, 0.15) is 0 Å². The van der Waals surface area contributed by atoms with Crippen molar-refractivity contribution in [3.8, 4) is 0 Å². The van der Waals surface area contributed by atoms with Crippen LogP contribution in [0.5, 0.6) is 0 Å². The molecule has 0 amide bonds. The molecule has 0 unspecified atom stereocenters. The average molecular weight is 215 g/mol. The van der Waals surface area contributed by atoms with E-state index in [1.165, 1.54) is 18.2 Å². The molecule has 0 aliphatic heterocycles. The van der Waals surface area contributed by atoms with Crippen LogP contribution >= 0.6 is 0 Å². The Hall–Kier alpha value is -1.67. The molecule has 14 heavy (non-hydrogen) atoms. The summed E-state index contributed by atoms with van der Waals surface area (Å²) < 4.78 is 30.5. The average Bonchev–Trinajstić information content (AvgIpc) is 2.46. The molecule has 0 atom stereocenters. The molecule has 0 bridgehead atoms. The van der Waals surface area contributed by atoms with Crippen LogP contribution in [-0.2, 0) is 10.1 Å². The molecule has 1 aromatic heterocycles. The number of fused-ring (bicyclic) bond motifs is 1. The second-order valence-corrected chi connectivity index (χ2v) is 3.97. The van der Waals surface area contributed by atoms with Gasteiger partial charge in [-0.1, -0.05) is 10.9 Å². The largest absolute Gasteiger partial charge is 0.410 e. The van der Waals surface area contributed by atoms with Crippen molar-refractivity contribution in [3.63, 3.8) is 0 Å². The van der Waals surface area contributed by atoms with Crippen molar-refractivity contribution >= 4 is 21.2 Å². The van der Waals surface area contributed by atoms with E-state index in [4.69, 9.17) is 9.76 Å². The van der Waals surface area contributed by atoms with Gasteiger partial charge in [-0.2, -0.15) is 8.42 Å². The number of nitrogens with zero attached hydrogens (tertiary/aromatic N) is 3. The summed E-state index contributed by atoms with van der Waals surface area (Å²) in [4.78, 5) is 0.0552. The smallest absolute Gasteiger partial charge is 0.296 e. The first-order valence-corrected chi connectivity index (χ1v) is 4.95. The van der Waals surface area contributed by atoms with Crippen LogP contribution < -0.4 is 0 Å². The minimum Gasteiger partial charge on any atom is -0.410 e. The van der Waals surface area contributed by atoms with E-state index >= 15 is 0 Å². The Kier molecular flexibility index (Phi) is 1.69. The van der Waals surface area contributed by atoms with Gasteiger partial charge in [-0.15, -0.1) is 5.10 Å². The third-order valence-corrected chi connectivity index (χ3v) is 2.59. The molecule has 0 spiro atoms. The molecule has 8 heteroatoms. The summed E-state index contributed by atoms with van der Waals surface area (Å²) in [5.41, 5.74) is 0.0395. The summed E-state index contributed by atoms with van der Waals surface area (Å²) in [5, 5.41) is 15.7. The van der Waals surface area contributed by atoms with Crippen LogP contribution in [-0.4, -0.2) is 33.3 Å². The SMILES string of the molecule is O=S(=O)(O)c1cccc2c1nnn2O. The van der Waals surface area contributed by atoms with Gasteiger partial charge in [-0.05, 0) is 17.3 Å². The van der Waals surface area contributed by atoms with Crippen molar-refractivity contribution in [3.05, 3.63) is 18.2 Å². The molecule has 7 nitrogen and oxygen atoms in total. The van der Waals surface area contributed by atoms with E-state index in [-0.39, 0.29) is 15.9 Å². The van der Waals surface area contributed by atoms with E-state index in [2.05, 4.69) is 10.3 Å². The monoisotopic (exact) mass is 215 g/mol. The fourth-order valence-electron chi connectivity index (χ4n) is 1.12. The highest BCUT2D eigenvalue weighted by Gasteiger charge is 2.17. The lowest BCUT2D eigenvalue weighted by Crippen LogP contribution is -1.99. The zero-order chi connectivity index (χ0) is 10.3. The lowest BCUT2D eigenvalue weighted by molar-refractivity contribution is 0.155. The van der Waals surface area contributed by atoms with Gasteiger partial charge < -0.3 is 5.21 Å². The Labute approximate surface area is 78.3 Å². The molecule has 0 radical (unpaired) electrons. The van der Waals surface area contributed by atoms with Crippen LogP contribution in [0.2, 0.25) is 0 Å². The summed E-state index contributed by atoms with van der Waals surface area (Å²) >= 11 is 0. The van der Waals surface area contributed by atoms with Crippen LogP contribution in [0, 0.1) is 0 Å². The first kappa shape index (κ1) is 8.91. The quantitative estimate of drug-likeness (QED) is 0.509. The van der Waals surface area contributed by atoms with Crippen molar-refractivity contribution in [2.45, 2.75) is 4.90 Å². The number of hydrogen-bond donors (Lipinski definition) is 2. The van der Waals surface area contributed by atoms with Gasteiger partial charge in [-0.25, -0.2) is 0 Å². The predicted octanol–water partition coefficient (Wildman–Crippen LogP) is -0.0847. The minimum atomic E-state index is -4.34. The van der Waals surface area contributed by atoms with Gasteiger partial charge in [-0.3, -0.25) is 4.55 Å². The Morgan fingerprint density at radius 1 is 1.36 bits per heavy atom. The normalized spacial score (nSPS) is 12.1. The zero-order valence-corrected chi connectivity index (χ0v) is 7.51. The molecule has 0 saturated heterocycles. The standard InChI is InChI=1S/C6H5N3O4S/c10-9-4-2-1-3-5(14(11,12)13)6(4)7-8-9/h1-3,10H,(H,11,12,13). The lowest BCUT2D eigenvalue weighted by atomic mass is 10.3. The van der Waals surface area contributed by atoms with Crippen LogP contribution in [0.15, 0.2) is 23.1 Å². The van der Waals surface area contributed by atoms with Crippen LogP contribution in [0.4, 0.5) is 0 Å². The fraction of sp³-hybridized carbons (Fsp3) is 0. The van der Waals surface area contributed by atoms with Crippen LogP contribution in [0.3, 0.4) is 0 Å². The molecular weight excluding hydrogens is 210 g/mol. The van der Waals surface area contributed by atoms with Crippen molar-refractivity contribution < 1.29 is 18.2 Å². The van der Waals surface area contributed by atoms with Crippen molar-refractivity contribution in [1.82, 2.24) is 15.2 Å². The van der Waals surface area contributed by atoms with Gasteiger partial charge in [0.15, 0.2) is 0 Å². The van der Waals surface area contributed by atoms with E-state index in [0.29, 0.717) is 4.85 Å². The highest BCUT2D eigenvalue weighted by Crippen LogP contribution is 2.19. The fourth-order valence-corrected chi connectivity index (χ4v) is 1.76. The topological polar surface area (TPSA) is 105 Å². The lowest BCUT2D eigenvalue weighted by Gasteiger charge is -1.96. The number of aromatic nitrogens is 3. The van der Waals surface area contributed by atoms with E-state index < -0.39 is 10.1 Å². The van der Waals surface area contributed by atoms with Crippen molar-refractivity contribution in [2.75, 3.05) is 0 Å². The summed E-state index contributed by atoms with van der Waals surface area (Å²) in [7, 11) is -4.34. The molecule has 2 N–H and O–H groups in total. The molecule has 0 aliphatic carbocycles. The summed E-state index contributed by atoms with van der Waals surface area (Å²) in [6.07, 6.45) is 0. The first-order chi connectivity index (χ1) is 6.50. The van der Waals surface area contributed by atoms with E-state index in [9.17, 15) is 8.42 Å². The van der Waals surface area contributed by atoms with E-state index in [1.54, 1.807) is 0 Å². The molecule has 0 fully saturated rings. The van der Waals surface area contributed by atoms with Gasteiger partial charge in [0.2, 0.25) is 0 Å². The number of benzene rings is 1. The Balaban J connectivity index is 2.92. The van der Waals surface area contributed by atoms with Gasteiger partial charge in [0.25, 0.3) is 10.1 Å². The molecule has 1 heterocycles. The third-order valence-electron chi connectivity index (χ3n) is 1.70. The molecule has 2 aromatic rings. The van der Waals surface area contributed by atoms with Gasteiger partial charge in [0.1, 0.15) is 15.9 Å². The maximum atomic E-state index is 10.9. The Morgan fingerprint density at radius 3 is 2.71 bits per heavy atom. The maximum absolute atomic E-state index is 10.9. The highest BCUT2D eigenvalue weighted by atomic mass is 32.2. The molecule has 74 valence electrons. The third kappa shape index (κ3) is 1.20. The highest BCUT2D eigenvalue weighted by molar-refractivity contribution is 7.86. The second-order valence-electron chi connectivity index (χ2n) is 2.58. The summed E-state index contributed by atoms with van der Waals surface area (Å²) in [6.45, 7) is 0. The first-order valence-electron chi connectivity index (χ1n) is 3.51. The van der Waals surface area contributed by atoms with Gasteiger partial charge in [0.05, 0.1) is 0 Å². The molecule has 0 aliphatic rings. The number of hydrogen-bond acceptors (Lipinski definition) is 5. The Morgan fingerprint density at radius 2 is 2.07 bits per heavy atom. The van der Waals surface area contributed by atoms with E-state index in [0.717, 1.165) is 0 Å².